The Morgan fingerprint density at radius 3 is 3.11 bits per heavy atom. The Labute approximate surface area is 115 Å². The molecule has 0 spiro atoms. The summed E-state index contributed by atoms with van der Waals surface area (Å²) in [5, 5.41) is 6.90. The average Bonchev–Trinajstić information content (AvgIpc) is 2.97. The minimum absolute atomic E-state index is 0.0775. The zero-order valence-electron chi connectivity index (χ0n) is 10.9. The maximum absolute atomic E-state index is 12.3. The lowest BCUT2D eigenvalue weighted by molar-refractivity contribution is -0.135. The van der Waals surface area contributed by atoms with Crippen LogP contribution in [-0.4, -0.2) is 43.2 Å². The van der Waals surface area contributed by atoms with Crippen LogP contribution in [0.15, 0.2) is 12.3 Å². The summed E-state index contributed by atoms with van der Waals surface area (Å²) in [6.07, 6.45) is 3.13. The lowest BCUT2D eigenvalue weighted by Crippen LogP contribution is -2.48. The van der Waals surface area contributed by atoms with E-state index in [2.05, 4.69) is 10.4 Å². The number of rotatable bonds is 2. The highest BCUT2D eigenvalue weighted by atomic mass is 32.2. The average molecular weight is 280 g/mol. The molecular weight excluding hydrogens is 264 g/mol. The first-order valence-corrected chi connectivity index (χ1v) is 7.25. The van der Waals surface area contributed by atoms with Crippen LogP contribution < -0.4 is 5.32 Å². The molecule has 2 fully saturated rings. The number of hydrogen-bond acceptors (Lipinski definition) is 4. The van der Waals surface area contributed by atoms with Crippen molar-refractivity contribution in [2.75, 3.05) is 11.1 Å². The number of fused-ring (bicyclic) bond motifs is 1. The van der Waals surface area contributed by atoms with Crippen molar-refractivity contribution in [3.05, 3.63) is 12.3 Å². The molecule has 1 aromatic heterocycles. The van der Waals surface area contributed by atoms with Gasteiger partial charge < -0.3 is 10.2 Å². The molecule has 7 heteroatoms. The number of nitrogens with zero attached hydrogens (tertiary/aromatic N) is 3. The van der Waals surface area contributed by atoms with Crippen molar-refractivity contribution in [3.8, 4) is 0 Å². The highest BCUT2D eigenvalue weighted by Crippen LogP contribution is 2.47. The lowest BCUT2D eigenvalue weighted by atomic mass is 10.2. The van der Waals surface area contributed by atoms with E-state index in [1.807, 2.05) is 6.92 Å². The number of anilines is 1. The number of aromatic nitrogens is 2. The fourth-order valence-electron chi connectivity index (χ4n) is 2.71. The third-order valence-electron chi connectivity index (χ3n) is 3.71. The fourth-order valence-corrected chi connectivity index (χ4v) is 4.14. The molecule has 0 aliphatic carbocycles. The molecule has 2 saturated heterocycles. The summed E-state index contributed by atoms with van der Waals surface area (Å²) in [7, 11) is 1.79. The SMILES string of the molecule is Cn1ccc(NC(=O)[C@H]2CS[C@]3(C)CCC(=O)N23)n1. The Hall–Kier alpha value is -1.50. The molecule has 6 nitrogen and oxygen atoms in total. The van der Waals surface area contributed by atoms with E-state index < -0.39 is 0 Å². The normalized spacial score (nSPS) is 29.7. The van der Waals surface area contributed by atoms with E-state index >= 15 is 0 Å². The second kappa shape index (κ2) is 4.26. The molecule has 1 aromatic rings. The molecular formula is C12H16N4O2S. The van der Waals surface area contributed by atoms with Crippen LogP contribution in [0.1, 0.15) is 19.8 Å². The maximum atomic E-state index is 12.3. The molecule has 0 radical (unpaired) electrons. The highest BCUT2D eigenvalue weighted by Gasteiger charge is 2.52. The summed E-state index contributed by atoms with van der Waals surface area (Å²) in [6, 6.07) is 1.36. The van der Waals surface area contributed by atoms with Gasteiger partial charge in [0, 0.05) is 31.5 Å². The lowest BCUT2D eigenvalue weighted by Gasteiger charge is -2.29. The van der Waals surface area contributed by atoms with E-state index in [0.29, 0.717) is 18.0 Å². The van der Waals surface area contributed by atoms with Gasteiger partial charge >= 0.3 is 0 Å². The number of carbonyl (C=O) groups is 2. The maximum Gasteiger partial charge on any atom is 0.249 e. The van der Waals surface area contributed by atoms with Crippen LogP contribution >= 0.6 is 11.8 Å². The summed E-state index contributed by atoms with van der Waals surface area (Å²) in [4.78, 5) is 25.8. The van der Waals surface area contributed by atoms with Crippen molar-refractivity contribution in [1.82, 2.24) is 14.7 Å². The third kappa shape index (κ3) is 2.01. The van der Waals surface area contributed by atoms with Gasteiger partial charge in [-0.15, -0.1) is 11.8 Å². The predicted octanol–water partition coefficient (Wildman–Crippen LogP) is 0.813. The first-order chi connectivity index (χ1) is 8.99. The number of thioether (sulfide) groups is 1. The Morgan fingerprint density at radius 2 is 2.42 bits per heavy atom. The minimum atomic E-state index is -0.382. The topological polar surface area (TPSA) is 67.2 Å². The van der Waals surface area contributed by atoms with Crippen LogP contribution in [0.25, 0.3) is 0 Å². The van der Waals surface area contributed by atoms with Crippen LogP contribution in [0.5, 0.6) is 0 Å². The summed E-state index contributed by atoms with van der Waals surface area (Å²) in [5.74, 6) is 1.11. The molecule has 2 aliphatic heterocycles. The van der Waals surface area contributed by atoms with Gasteiger partial charge in [-0.1, -0.05) is 0 Å². The molecule has 0 bridgehead atoms. The number of nitrogens with one attached hydrogen (secondary N) is 1. The fraction of sp³-hybridized carbons (Fsp3) is 0.583. The first kappa shape index (κ1) is 12.5. The van der Waals surface area contributed by atoms with Crippen molar-refractivity contribution in [1.29, 1.82) is 0 Å². The Morgan fingerprint density at radius 1 is 1.63 bits per heavy atom. The van der Waals surface area contributed by atoms with Crippen molar-refractivity contribution < 1.29 is 9.59 Å². The molecule has 0 saturated carbocycles. The quantitative estimate of drug-likeness (QED) is 0.870. The van der Waals surface area contributed by atoms with Gasteiger partial charge in [0.1, 0.15) is 6.04 Å². The van der Waals surface area contributed by atoms with E-state index in [1.165, 1.54) is 0 Å². The Bertz CT molecular complexity index is 544. The van der Waals surface area contributed by atoms with Gasteiger partial charge in [0.25, 0.3) is 0 Å². The van der Waals surface area contributed by atoms with Gasteiger partial charge in [-0.25, -0.2) is 0 Å². The predicted molar refractivity (Wildman–Crippen MR) is 72.6 cm³/mol. The first-order valence-electron chi connectivity index (χ1n) is 6.26. The molecule has 0 aromatic carbocycles. The van der Waals surface area contributed by atoms with Crippen LogP contribution in [0.3, 0.4) is 0 Å². The second-order valence-electron chi connectivity index (χ2n) is 5.13. The standard InChI is InChI=1S/C12H16N4O2S/c1-12-5-3-10(17)16(12)8(7-19-12)11(18)13-9-4-6-15(2)14-9/h4,6,8H,3,5,7H2,1-2H3,(H,13,14,18)/t8-,12-/m1/s1. The van der Waals surface area contributed by atoms with Crippen molar-refractivity contribution in [2.45, 2.75) is 30.7 Å². The molecule has 2 amide bonds. The van der Waals surface area contributed by atoms with E-state index in [4.69, 9.17) is 0 Å². The number of hydrogen-bond donors (Lipinski definition) is 1. The van der Waals surface area contributed by atoms with Gasteiger partial charge in [-0.3, -0.25) is 14.3 Å². The molecule has 102 valence electrons. The van der Waals surface area contributed by atoms with E-state index in [0.717, 1.165) is 6.42 Å². The number of amides is 2. The Balaban J connectivity index is 1.76. The van der Waals surface area contributed by atoms with Crippen molar-refractivity contribution >= 4 is 29.4 Å². The van der Waals surface area contributed by atoms with E-state index in [1.54, 1.807) is 40.7 Å². The smallest absolute Gasteiger partial charge is 0.249 e. The molecule has 2 aliphatic rings. The monoisotopic (exact) mass is 280 g/mol. The molecule has 2 atom stereocenters. The molecule has 3 rings (SSSR count). The molecule has 19 heavy (non-hydrogen) atoms. The van der Waals surface area contributed by atoms with Crippen LogP contribution in [0.4, 0.5) is 5.82 Å². The second-order valence-corrected chi connectivity index (χ2v) is 6.63. The van der Waals surface area contributed by atoms with Crippen LogP contribution in [0.2, 0.25) is 0 Å². The highest BCUT2D eigenvalue weighted by molar-refractivity contribution is 8.01. The number of aryl methyl sites for hydroxylation is 1. The minimum Gasteiger partial charge on any atom is -0.315 e. The largest absolute Gasteiger partial charge is 0.315 e. The molecule has 0 unspecified atom stereocenters. The van der Waals surface area contributed by atoms with Crippen molar-refractivity contribution in [3.63, 3.8) is 0 Å². The summed E-state index contributed by atoms with van der Waals surface area (Å²) >= 11 is 1.69. The van der Waals surface area contributed by atoms with Crippen molar-refractivity contribution in [2.24, 2.45) is 7.05 Å². The van der Waals surface area contributed by atoms with Gasteiger partial charge in [0.2, 0.25) is 11.8 Å². The van der Waals surface area contributed by atoms with Crippen LogP contribution in [0, 0.1) is 0 Å². The number of carbonyl (C=O) groups excluding carboxylic acids is 2. The van der Waals surface area contributed by atoms with E-state index in [-0.39, 0.29) is 22.7 Å². The zero-order valence-corrected chi connectivity index (χ0v) is 11.7. The Kier molecular flexibility index (Phi) is 2.81. The zero-order chi connectivity index (χ0) is 13.6. The summed E-state index contributed by atoms with van der Waals surface area (Å²) in [6.45, 7) is 2.04. The summed E-state index contributed by atoms with van der Waals surface area (Å²) < 4.78 is 1.63. The van der Waals surface area contributed by atoms with Gasteiger partial charge in [-0.2, -0.15) is 5.10 Å². The summed E-state index contributed by atoms with van der Waals surface area (Å²) in [5.41, 5.74) is 0. The molecule has 3 heterocycles. The van der Waals surface area contributed by atoms with Crippen LogP contribution in [-0.2, 0) is 16.6 Å². The van der Waals surface area contributed by atoms with E-state index in [9.17, 15) is 9.59 Å². The van der Waals surface area contributed by atoms with Gasteiger partial charge in [-0.05, 0) is 13.3 Å². The molecule has 1 N–H and O–H groups in total. The third-order valence-corrected chi connectivity index (χ3v) is 5.22. The van der Waals surface area contributed by atoms with Gasteiger partial charge in [0.15, 0.2) is 5.82 Å². The van der Waals surface area contributed by atoms with Gasteiger partial charge in [0.05, 0.1) is 4.87 Å².